The van der Waals surface area contributed by atoms with Crippen LogP contribution in [0.15, 0.2) is 42.5 Å². The maximum absolute atomic E-state index is 14.6. The van der Waals surface area contributed by atoms with Crippen molar-refractivity contribution in [2.24, 2.45) is 0 Å². The monoisotopic (exact) mass is 519 g/mol. The van der Waals surface area contributed by atoms with Crippen LogP contribution in [0.3, 0.4) is 0 Å². The van der Waals surface area contributed by atoms with Crippen LogP contribution in [0.4, 0.5) is 13.2 Å². The lowest BCUT2D eigenvalue weighted by atomic mass is 9.87. The van der Waals surface area contributed by atoms with E-state index in [1.807, 2.05) is 44.2 Å². The number of halogens is 3. The zero-order chi connectivity index (χ0) is 26.6. The Bertz CT molecular complexity index is 1190. The molecular weight excluding hydrogens is 483 g/mol. The maximum atomic E-state index is 14.6. The van der Waals surface area contributed by atoms with Crippen LogP contribution < -0.4 is 14.8 Å². The SMILES string of the molecule is COc1ccc(O[C@@H](C)CNCCCF)cc1[C@@H]1c2[nH]c3ccccc3c2C[C@@H](C)N1CC(F)(F)CO. The van der Waals surface area contributed by atoms with Crippen LogP contribution in [0.1, 0.15) is 43.1 Å². The molecule has 0 saturated heterocycles. The molecule has 0 fully saturated rings. The number of alkyl halides is 3. The number of aromatic nitrogens is 1. The normalized spacial score (nSPS) is 19.1. The third kappa shape index (κ3) is 6.05. The maximum Gasteiger partial charge on any atom is 0.283 e. The molecule has 0 amide bonds. The van der Waals surface area contributed by atoms with Gasteiger partial charge in [-0.2, -0.15) is 0 Å². The highest BCUT2D eigenvalue weighted by Crippen LogP contribution is 2.45. The number of H-pyrrole nitrogens is 1. The van der Waals surface area contributed by atoms with Crippen LogP contribution in [-0.4, -0.2) is 73.1 Å². The highest BCUT2D eigenvalue weighted by molar-refractivity contribution is 5.85. The van der Waals surface area contributed by atoms with Gasteiger partial charge >= 0.3 is 0 Å². The summed E-state index contributed by atoms with van der Waals surface area (Å²) in [7, 11) is 1.56. The van der Waals surface area contributed by atoms with Gasteiger partial charge in [-0.25, -0.2) is 8.78 Å². The Balaban J connectivity index is 1.75. The number of aliphatic hydroxyl groups excluding tert-OH is 1. The highest BCUT2D eigenvalue weighted by Gasteiger charge is 2.42. The average Bonchev–Trinajstić information content (AvgIpc) is 3.25. The molecule has 0 aliphatic carbocycles. The van der Waals surface area contributed by atoms with Gasteiger partial charge in [0.15, 0.2) is 0 Å². The summed E-state index contributed by atoms with van der Waals surface area (Å²) in [4.78, 5) is 5.22. The van der Waals surface area contributed by atoms with Crippen LogP contribution in [0.2, 0.25) is 0 Å². The molecule has 9 heteroatoms. The molecule has 1 aliphatic rings. The minimum Gasteiger partial charge on any atom is -0.496 e. The van der Waals surface area contributed by atoms with Crippen molar-refractivity contribution in [1.82, 2.24) is 15.2 Å². The van der Waals surface area contributed by atoms with E-state index in [0.717, 1.165) is 22.2 Å². The zero-order valence-corrected chi connectivity index (χ0v) is 21.6. The number of methoxy groups -OCH3 is 1. The molecule has 2 heterocycles. The molecule has 3 atom stereocenters. The molecule has 1 aromatic heterocycles. The first-order valence-corrected chi connectivity index (χ1v) is 12.7. The minimum atomic E-state index is -3.27. The van der Waals surface area contributed by atoms with E-state index < -0.39 is 25.1 Å². The van der Waals surface area contributed by atoms with Gasteiger partial charge in [-0.15, -0.1) is 0 Å². The molecule has 0 radical (unpaired) electrons. The molecule has 4 rings (SSSR count). The van der Waals surface area contributed by atoms with Gasteiger partial charge in [0.1, 0.15) is 24.2 Å². The molecule has 0 unspecified atom stereocenters. The number of ether oxygens (including phenoxy) is 2. The number of hydrogen-bond acceptors (Lipinski definition) is 5. The van der Waals surface area contributed by atoms with Gasteiger partial charge in [-0.05, 0) is 63.1 Å². The van der Waals surface area contributed by atoms with Gasteiger partial charge in [0, 0.05) is 34.7 Å². The number of aliphatic hydroxyl groups is 1. The fraction of sp³-hybridized carbons (Fsp3) is 0.500. The van der Waals surface area contributed by atoms with Gasteiger partial charge in [-0.1, -0.05) is 18.2 Å². The van der Waals surface area contributed by atoms with E-state index in [0.29, 0.717) is 43.0 Å². The van der Waals surface area contributed by atoms with Crippen molar-refractivity contribution < 1.29 is 27.8 Å². The van der Waals surface area contributed by atoms with E-state index in [9.17, 15) is 18.3 Å². The van der Waals surface area contributed by atoms with E-state index in [2.05, 4.69) is 10.3 Å². The number of rotatable bonds is 12. The van der Waals surface area contributed by atoms with Gasteiger partial charge < -0.3 is 24.9 Å². The molecule has 0 saturated carbocycles. The summed E-state index contributed by atoms with van der Waals surface area (Å²) in [6, 6.07) is 12.6. The van der Waals surface area contributed by atoms with Crippen LogP contribution in [0.25, 0.3) is 10.9 Å². The van der Waals surface area contributed by atoms with Crippen molar-refractivity contribution in [2.45, 2.75) is 50.8 Å². The van der Waals surface area contributed by atoms with E-state index in [4.69, 9.17) is 9.47 Å². The van der Waals surface area contributed by atoms with E-state index in [-0.39, 0.29) is 18.8 Å². The fourth-order valence-electron chi connectivity index (χ4n) is 5.18. The molecule has 37 heavy (non-hydrogen) atoms. The van der Waals surface area contributed by atoms with Crippen LogP contribution in [-0.2, 0) is 6.42 Å². The Hall–Kier alpha value is -2.75. The van der Waals surface area contributed by atoms with Crippen LogP contribution in [0, 0.1) is 0 Å². The van der Waals surface area contributed by atoms with Crippen LogP contribution >= 0.6 is 0 Å². The molecule has 1 aliphatic heterocycles. The van der Waals surface area contributed by atoms with Crippen molar-refractivity contribution >= 4 is 10.9 Å². The third-order valence-electron chi connectivity index (χ3n) is 6.91. The molecule has 3 aromatic rings. The van der Waals surface area contributed by atoms with Gasteiger partial charge in [0.05, 0.1) is 26.4 Å². The number of fused-ring (bicyclic) bond motifs is 3. The Kier molecular flexibility index (Phi) is 8.67. The van der Waals surface area contributed by atoms with Gasteiger partial charge in [0.2, 0.25) is 0 Å². The van der Waals surface area contributed by atoms with Crippen LogP contribution in [0.5, 0.6) is 11.5 Å². The number of hydrogen-bond donors (Lipinski definition) is 3. The number of nitrogens with zero attached hydrogens (tertiary/aromatic N) is 1. The third-order valence-corrected chi connectivity index (χ3v) is 6.91. The highest BCUT2D eigenvalue weighted by atomic mass is 19.3. The lowest BCUT2D eigenvalue weighted by Crippen LogP contribution is -2.49. The molecule has 3 N–H and O–H groups in total. The summed E-state index contributed by atoms with van der Waals surface area (Å²) in [5.74, 6) is -2.13. The number of benzene rings is 2. The van der Waals surface area contributed by atoms with Gasteiger partial charge in [0.25, 0.3) is 5.92 Å². The molecule has 2 aromatic carbocycles. The minimum absolute atomic E-state index is 0.190. The second kappa shape index (κ2) is 11.8. The topological polar surface area (TPSA) is 69.8 Å². The zero-order valence-electron chi connectivity index (χ0n) is 21.6. The number of aromatic amines is 1. The summed E-state index contributed by atoms with van der Waals surface area (Å²) in [5.41, 5.74) is 3.57. The van der Waals surface area contributed by atoms with Crippen molar-refractivity contribution in [3.05, 3.63) is 59.3 Å². The Labute approximate surface area is 215 Å². The summed E-state index contributed by atoms with van der Waals surface area (Å²) < 4.78 is 53.4. The smallest absolute Gasteiger partial charge is 0.283 e. The lowest BCUT2D eigenvalue weighted by molar-refractivity contribution is -0.0866. The molecule has 0 spiro atoms. The second-order valence-corrected chi connectivity index (χ2v) is 9.78. The molecule has 202 valence electrons. The predicted molar refractivity (Wildman–Crippen MR) is 139 cm³/mol. The van der Waals surface area contributed by atoms with Crippen molar-refractivity contribution in [3.8, 4) is 11.5 Å². The number of nitrogens with one attached hydrogen (secondary N) is 2. The average molecular weight is 520 g/mol. The summed E-state index contributed by atoms with van der Waals surface area (Å²) in [6.07, 6.45) is 0.849. The first kappa shape index (κ1) is 27.3. The molecule has 6 nitrogen and oxygen atoms in total. The van der Waals surface area contributed by atoms with E-state index in [1.165, 1.54) is 0 Å². The first-order valence-electron chi connectivity index (χ1n) is 12.7. The van der Waals surface area contributed by atoms with Crippen molar-refractivity contribution in [2.75, 3.05) is 40.0 Å². The summed E-state index contributed by atoms with van der Waals surface area (Å²) >= 11 is 0. The lowest BCUT2D eigenvalue weighted by Gasteiger charge is -2.42. The largest absolute Gasteiger partial charge is 0.496 e. The van der Waals surface area contributed by atoms with E-state index in [1.54, 1.807) is 24.1 Å². The molecular formula is C28H36F3N3O3. The van der Waals surface area contributed by atoms with Gasteiger partial charge in [-0.3, -0.25) is 9.29 Å². The predicted octanol–water partition coefficient (Wildman–Crippen LogP) is 4.86. The Morgan fingerprint density at radius 2 is 2.03 bits per heavy atom. The quantitative estimate of drug-likeness (QED) is 0.298. The van der Waals surface area contributed by atoms with Crippen molar-refractivity contribution in [1.29, 1.82) is 0 Å². The second-order valence-electron chi connectivity index (χ2n) is 9.78. The number of para-hydroxylation sites is 1. The Morgan fingerprint density at radius 3 is 2.76 bits per heavy atom. The summed E-state index contributed by atoms with van der Waals surface area (Å²) in [6.45, 7) is 2.76. The molecule has 0 bridgehead atoms. The standard InChI is InChI=1S/C28H36F3N3O3/c1-18-13-22-21-7-4-5-8-24(21)33-26(22)27(34(18)16-28(30,31)17-35)23-14-20(9-10-25(23)36-3)37-19(2)15-32-12-6-11-29/h4-5,7-10,14,18-19,27,32-33,35H,6,11-13,15-17H2,1-3H3/t18-,19+,27-/m1/s1. The fourth-order valence-corrected chi connectivity index (χ4v) is 5.18. The van der Waals surface area contributed by atoms with E-state index >= 15 is 0 Å². The Morgan fingerprint density at radius 1 is 1.24 bits per heavy atom. The van der Waals surface area contributed by atoms with Crippen molar-refractivity contribution in [3.63, 3.8) is 0 Å². The summed E-state index contributed by atoms with van der Waals surface area (Å²) in [5, 5.41) is 13.6. The first-order chi connectivity index (χ1) is 17.8.